The highest BCUT2D eigenvalue weighted by Crippen LogP contribution is 2.30. The highest BCUT2D eigenvalue weighted by Gasteiger charge is 2.30. The van der Waals surface area contributed by atoms with Gasteiger partial charge in [-0.25, -0.2) is 4.79 Å². The van der Waals surface area contributed by atoms with Crippen LogP contribution in [-0.2, 0) is 20.5 Å². The number of amides is 1. The maximum absolute atomic E-state index is 12.9. The summed E-state index contributed by atoms with van der Waals surface area (Å²) in [5.41, 5.74) is -0.573. The van der Waals surface area contributed by atoms with Gasteiger partial charge in [0.1, 0.15) is 5.76 Å². The van der Waals surface area contributed by atoms with Gasteiger partial charge >= 0.3 is 12.1 Å². The van der Waals surface area contributed by atoms with Crippen LogP contribution in [0.3, 0.4) is 0 Å². The van der Waals surface area contributed by atoms with Crippen molar-refractivity contribution in [3.63, 3.8) is 0 Å². The molecular weight excluding hydrogens is 467 g/mol. The third kappa shape index (κ3) is 5.79. The fourth-order valence-electron chi connectivity index (χ4n) is 3.01. The lowest BCUT2D eigenvalue weighted by Crippen LogP contribution is -2.23. The third-order valence-corrected chi connectivity index (χ3v) is 4.57. The summed E-state index contributed by atoms with van der Waals surface area (Å²) < 4.78 is 50.1. The minimum absolute atomic E-state index is 0.0981. The SMILES string of the molecule is O=C(COC(=O)/C(=C/c1ccco1)n1nnnc1-c1ccccc1)Nc1cccc(C(F)(F)F)c1. The van der Waals surface area contributed by atoms with Gasteiger partial charge in [0, 0.05) is 17.3 Å². The molecule has 0 atom stereocenters. The number of halogens is 3. The lowest BCUT2D eigenvalue weighted by atomic mass is 10.2. The van der Waals surface area contributed by atoms with Gasteiger partial charge in [-0.15, -0.1) is 5.10 Å². The number of ether oxygens (including phenoxy) is 1. The highest BCUT2D eigenvalue weighted by molar-refractivity contribution is 6.16. The van der Waals surface area contributed by atoms with Crippen LogP contribution < -0.4 is 5.32 Å². The number of hydrogen-bond acceptors (Lipinski definition) is 7. The Kier molecular flexibility index (Phi) is 6.71. The lowest BCUT2D eigenvalue weighted by Gasteiger charge is -2.11. The van der Waals surface area contributed by atoms with Crippen LogP contribution in [0.25, 0.3) is 23.2 Å². The molecule has 9 nitrogen and oxygen atoms in total. The van der Waals surface area contributed by atoms with Crippen molar-refractivity contribution in [1.82, 2.24) is 20.2 Å². The van der Waals surface area contributed by atoms with Gasteiger partial charge in [-0.1, -0.05) is 36.4 Å². The molecule has 0 aliphatic rings. The van der Waals surface area contributed by atoms with Gasteiger partial charge in [0.15, 0.2) is 18.1 Å². The van der Waals surface area contributed by atoms with Crippen molar-refractivity contribution in [3.8, 4) is 11.4 Å². The van der Waals surface area contributed by atoms with E-state index >= 15 is 0 Å². The molecule has 0 aliphatic carbocycles. The van der Waals surface area contributed by atoms with E-state index in [9.17, 15) is 22.8 Å². The van der Waals surface area contributed by atoms with Crippen LogP contribution in [0.4, 0.5) is 18.9 Å². The summed E-state index contributed by atoms with van der Waals surface area (Å²) in [6, 6.07) is 16.1. The van der Waals surface area contributed by atoms with Gasteiger partial charge < -0.3 is 14.5 Å². The highest BCUT2D eigenvalue weighted by atomic mass is 19.4. The molecule has 2 heterocycles. The van der Waals surface area contributed by atoms with Crippen LogP contribution in [0.5, 0.6) is 0 Å². The molecule has 0 radical (unpaired) electrons. The number of carbonyl (C=O) groups is 2. The molecule has 0 unspecified atom stereocenters. The Morgan fingerprint density at radius 3 is 2.57 bits per heavy atom. The van der Waals surface area contributed by atoms with Gasteiger partial charge in [0.2, 0.25) is 0 Å². The van der Waals surface area contributed by atoms with Crippen molar-refractivity contribution < 1.29 is 31.9 Å². The van der Waals surface area contributed by atoms with E-state index in [1.807, 2.05) is 0 Å². The minimum Gasteiger partial charge on any atom is -0.465 e. The number of anilines is 1. The minimum atomic E-state index is -4.57. The Labute approximate surface area is 195 Å². The molecule has 178 valence electrons. The summed E-state index contributed by atoms with van der Waals surface area (Å²) in [7, 11) is 0. The molecule has 4 aromatic rings. The molecule has 0 bridgehead atoms. The summed E-state index contributed by atoms with van der Waals surface area (Å²) >= 11 is 0. The van der Waals surface area contributed by atoms with Crippen molar-refractivity contribution in [2.45, 2.75) is 6.18 Å². The van der Waals surface area contributed by atoms with Gasteiger partial charge in [0.05, 0.1) is 11.8 Å². The van der Waals surface area contributed by atoms with Crippen LogP contribution in [0.15, 0.2) is 77.4 Å². The zero-order valence-electron chi connectivity index (χ0n) is 17.8. The van der Waals surface area contributed by atoms with E-state index in [0.717, 1.165) is 22.9 Å². The van der Waals surface area contributed by atoms with Crippen molar-refractivity contribution in [2.24, 2.45) is 0 Å². The summed E-state index contributed by atoms with van der Waals surface area (Å²) in [5, 5.41) is 13.7. The largest absolute Gasteiger partial charge is 0.465 e. The van der Waals surface area contributed by atoms with E-state index in [0.29, 0.717) is 11.3 Å². The van der Waals surface area contributed by atoms with E-state index in [-0.39, 0.29) is 17.2 Å². The second-order valence-corrected chi connectivity index (χ2v) is 7.03. The number of rotatable bonds is 7. The number of esters is 1. The average Bonchev–Trinajstić information content (AvgIpc) is 3.53. The van der Waals surface area contributed by atoms with Crippen molar-refractivity contribution in [3.05, 3.63) is 84.3 Å². The number of carbonyl (C=O) groups excluding carboxylic acids is 2. The van der Waals surface area contributed by atoms with E-state index < -0.39 is 30.2 Å². The first kappa shape index (κ1) is 23.4. The number of benzene rings is 2. The van der Waals surface area contributed by atoms with Gasteiger partial charge in [-0.3, -0.25) is 4.79 Å². The number of hydrogen-bond donors (Lipinski definition) is 1. The fourth-order valence-corrected chi connectivity index (χ4v) is 3.01. The standard InChI is InChI=1S/C23H16F3N5O4/c24-23(25,26)16-8-4-9-17(12-16)27-20(32)14-35-22(33)19(13-18-10-5-11-34-18)31-21(28-29-30-31)15-6-2-1-3-7-15/h1-13H,14H2,(H,27,32)/b19-13-. The fraction of sp³-hybridized carbons (Fsp3) is 0.0870. The molecule has 4 rings (SSSR count). The quantitative estimate of drug-likeness (QED) is 0.311. The molecule has 1 amide bonds. The van der Waals surface area contributed by atoms with Crippen LogP contribution >= 0.6 is 0 Å². The molecule has 2 aromatic carbocycles. The van der Waals surface area contributed by atoms with Gasteiger partial charge in [-0.05, 0) is 40.8 Å². The van der Waals surface area contributed by atoms with Crippen molar-refractivity contribution in [1.29, 1.82) is 0 Å². The summed E-state index contributed by atoms with van der Waals surface area (Å²) in [4.78, 5) is 25.2. The smallest absolute Gasteiger partial charge is 0.416 e. The predicted molar refractivity (Wildman–Crippen MR) is 117 cm³/mol. The average molecular weight is 483 g/mol. The van der Waals surface area contributed by atoms with Crippen LogP contribution in [0.2, 0.25) is 0 Å². The van der Waals surface area contributed by atoms with Crippen LogP contribution in [-0.4, -0.2) is 38.7 Å². The van der Waals surface area contributed by atoms with Crippen molar-refractivity contribution >= 4 is 29.3 Å². The Morgan fingerprint density at radius 2 is 1.86 bits per heavy atom. The Hall–Kier alpha value is -4.74. The topological polar surface area (TPSA) is 112 Å². The first-order chi connectivity index (χ1) is 16.8. The van der Waals surface area contributed by atoms with E-state index in [1.54, 1.807) is 42.5 Å². The molecular formula is C23H16F3N5O4. The van der Waals surface area contributed by atoms with Crippen LogP contribution in [0.1, 0.15) is 11.3 Å². The molecule has 0 saturated heterocycles. The molecule has 35 heavy (non-hydrogen) atoms. The number of alkyl halides is 3. The normalized spacial score (nSPS) is 11.8. The second kappa shape index (κ2) is 10.0. The number of furan rings is 1. The summed E-state index contributed by atoms with van der Waals surface area (Å²) in [5.74, 6) is -1.28. The molecule has 0 spiro atoms. The molecule has 1 N–H and O–H groups in total. The maximum atomic E-state index is 12.9. The molecule has 0 saturated carbocycles. The zero-order valence-corrected chi connectivity index (χ0v) is 17.8. The lowest BCUT2D eigenvalue weighted by molar-refractivity contribution is -0.141. The Balaban J connectivity index is 1.52. The van der Waals surface area contributed by atoms with Crippen molar-refractivity contribution in [2.75, 3.05) is 11.9 Å². The molecule has 2 aromatic heterocycles. The first-order valence-electron chi connectivity index (χ1n) is 10.0. The maximum Gasteiger partial charge on any atom is 0.416 e. The number of nitrogens with zero attached hydrogens (tertiary/aromatic N) is 4. The summed E-state index contributed by atoms with van der Waals surface area (Å²) in [6.07, 6.45) is -1.84. The Bertz CT molecular complexity index is 1350. The van der Waals surface area contributed by atoms with Gasteiger partial charge in [-0.2, -0.15) is 17.9 Å². The zero-order chi connectivity index (χ0) is 24.8. The number of tetrazole rings is 1. The van der Waals surface area contributed by atoms with Crippen LogP contribution in [0, 0.1) is 0 Å². The van der Waals surface area contributed by atoms with E-state index in [1.165, 1.54) is 18.4 Å². The summed E-state index contributed by atoms with van der Waals surface area (Å²) in [6.45, 7) is -0.770. The number of nitrogens with one attached hydrogen (secondary N) is 1. The monoisotopic (exact) mass is 483 g/mol. The molecule has 12 heteroatoms. The number of aromatic nitrogens is 4. The Morgan fingerprint density at radius 1 is 1.06 bits per heavy atom. The van der Waals surface area contributed by atoms with Gasteiger partial charge in [0.25, 0.3) is 5.91 Å². The predicted octanol–water partition coefficient (Wildman–Crippen LogP) is 4.13. The van der Waals surface area contributed by atoms with E-state index in [4.69, 9.17) is 9.15 Å². The van der Waals surface area contributed by atoms with E-state index in [2.05, 4.69) is 20.8 Å². The second-order valence-electron chi connectivity index (χ2n) is 7.03. The first-order valence-corrected chi connectivity index (χ1v) is 10.0. The molecule has 0 fully saturated rings. The molecule has 0 aliphatic heterocycles. The third-order valence-electron chi connectivity index (χ3n) is 4.57.